The Balaban J connectivity index is 2.36. The van der Waals surface area contributed by atoms with Gasteiger partial charge in [0.1, 0.15) is 11.3 Å². The highest BCUT2D eigenvalue weighted by molar-refractivity contribution is 6.06. The second-order valence-electron chi connectivity index (χ2n) is 4.17. The van der Waals surface area contributed by atoms with E-state index in [9.17, 15) is 9.90 Å². The number of rotatable bonds is 4. The van der Waals surface area contributed by atoms with Crippen LogP contribution in [0.5, 0.6) is 5.75 Å². The number of phenols is 1. The fraction of sp³-hybridized carbons (Fsp3) is 0.267. The van der Waals surface area contributed by atoms with Crippen molar-refractivity contribution in [1.82, 2.24) is 0 Å². The van der Waals surface area contributed by atoms with Crippen LogP contribution < -0.4 is 0 Å². The third-order valence-electron chi connectivity index (χ3n) is 2.84. The maximum atomic E-state index is 12.0. The van der Waals surface area contributed by atoms with Crippen molar-refractivity contribution < 1.29 is 14.6 Å². The number of aromatic hydroxyl groups is 1. The number of phenolic OH excluding ortho intramolecular Hbond substituents is 1. The zero-order valence-corrected chi connectivity index (χ0v) is 10.3. The number of fused-ring (bicyclic) bond motifs is 1. The summed E-state index contributed by atoms with van der Waals surface area (Å²) in [5.74, 6) is -0.493. The van der Waals surface area contributed by atoms with E-state index in [0.29, 0.717) is 6.61 Å². The van der Waals surface area contributed by atoms with E-state index in [0.717, 1.165) is 23.6 Å². The molecule has 2 rings (SSSR count). The molecule has 0 radical (unpaired) electrons. The van der Waals surface area contributed by atoms with Crippen molar-refractivity contribution in [3.8, 4) is 5.75 Å². The number of esters is 1. The van der Waals surface area contributed by atoms with Crippen LogP contribution in [0, 0.1) is 0 Å². The first-order valence-electron chi connectivity index (χ1n) is 6.12. The molecular formula is C15H16O3. The Morgan fingerprint density at radius 3 is 2.78 bits per heavy atom. The molecule has 0 saturated heterocycles. The summed E-state index contributed by atoms with van der Waals surface area (Å²) in [4.78, 5) is 12.0. The lowest BCUT2D eigenvalue weighted by Crippen LogP contribution is -2.07. The Labute approximate surface area is 106 Å². The fourth-order valence-electron chi connectivity index (χ4n) is 1.86. The first-order chi connectivity index (χ1) is 8.74. The Hall–Kier alpha value is -2.03. The molecule has 3 heteroatoms. The van der Waals surface area contributed by atoms with Gasteiger partial charge in [0, 0.05) is 0 Å². The minimum Gasteiger partial charge on any atom is -0.507 e. The summed E-state index contributed by atoms with van der Waals surface area (Å²) in [6, 6.07) is 10.8. The predicted molar refractivity (Wildman–Crippen MR) is 70.8 cm³/mol. The fourth-order valence-corrected chi connectivity index (χ4v) is 1.86. The van der Waals surface area contributed by atoms with Gasteiger partial charge in [0.05, 0.1) is 6.61 Å². The van der Waals surface area contributed by atoms with Crippen LogP contribution in [0.1, 0.15) is 30.1 Å². The molecule has 0 unspecified atom stereocenters. The van der Waals surface area contributed by atoms with Gasteiger partial charge in [-0.3, -0.25) is 0 Å². The van der Waals surface area contributed by atoms with Gasteiger partial charge >= 0.3 is 5.97 Å². The minimum absolute atomic E-state index is 0.0322. The molecule has 0 heterocycles. The first-order valence-corrected chi connectivity index (χ1v) is 6.12. The number of hydrogen-bond acceptors (Lipinski definition) is 3. The molecule has 1 N–H and O–H groups in total. The summed E-state index contributed by atoms with van der Waals surface area (Å²) in [5, 5.41) is 11.5. The summed E-state index contributed by atoms with van der Waals surface area (Å²) in [7, 11) is 0. The quantitative estimate of drug-likeness (QED) is 0.661. The smallest absolute Gasteiger partial charge is 0.342 e. The zero-order chi connectivity index (χ0) is 13.0. The molecule has 0 aromatic heterocycles. The third kappa shape index (κ3) is 2.45. The molecule has 18 heavy (non-hydrogen) atoms. The van der Waals surface area contributed by atoms with Gasteiger partial charge in [-0.05, 0) is 23.3 Å². The van der Waals surface area contributed by atoms with Crippen LogP contribution >= 0.6 is 0 Å². The first kappa shape index (κ1) is 12.4. The largest absolute Gasteiger partial charge is 0.507 e. The number of hydrogen-bond donors (Lipinski definition) is 1. The van der Waals surface area contributed by atoms with Crippen LogP contribution in [0.15, 0.2) is 36.4 Å². The van der Waals surface area contributed by atoms with E-state index < -0.39 is 5.97 Å². The van der Waals surface area contributed by atoms with E-state index in [-0.39, 0.29) is 11.3 Å². The molecular weight excluding hydrogens is 228 g/mol. The van der Waals surface area contributed by atoms with E-state index in [2.05, 4.69) is 0 Å². The van der Waals surface area contributed by atoms with Gasteiger partial charge in [0.25, 0.3) is 0 Å². The molecule has 0 saturated carbocycles. The predicted octanol–water partition coefficient (Wildman–Crippen LogP) is 3.50. The highest BCUT2D eigenvalue weighted by Crippen LogP contribution is 2.27. The number of carbonyl (C=O) groups excluding carboxylic acids is 1. The molecule has 0 fully saturated rings. The van der Waals surface area contributed by atoms with E-state index in [1.54, 1.807) is 6.07 Å². The average Bonchev–Trinajstić information content (AvgIpc) is 2.38. The summed E-state index contributed by atoms with van der Waals surface area (Å²) in [5.41, 5.74) is 0.254. The van der Waals surface area contributed by atoms with Crippen LogP contribution in [-0.4, -0.2) is 17.7 Å². The van der Waals surface area contributed by atoms with Crippen molar-refractivity contribution in [1.29, 1.82) is 0 Å². The number of unbranched alkanes of at least 4 members (excludes halogenated alkanes) is 1. The zero-order valence-electron chi connectivity index (χ0n) is 10.3. The Kier molecular flexibility index (Phi) is 3.82. The van der Waals surface area contributed by atoms with Gasteiger partial charge in [0.15, 0.2) is 0 Å². The van der Waals surface area contributed by atoms with E-state index >= 15 is 0 Å². The standard InChI is InChI=1S/C15H16O3/c1-2-3-10-18-15(17)14-12-7-5-4-6-11(12)8-9-13(14)16/h4-9,16H,2-3,10H2,1H3. The Bertz CT molecular complexity index is 561. The molecule has 94 valence electrons. The molecule has 2 aromatic rings. The van der Waals surface area contributed by atoms with Crippen molar-refractivity contribution in [2.75, 3.05) is 6.61 Å². The average molecular weight is 244 g/mol. The van der Waals surface area contributed by atoms with Gasteiger partial charge in [-0.15, -0.1) is 0 Å². The van der Waals surface area contributed by atoms with Gasteiger partial charge in [-0.1, -0.05) is 43.7 Å². The molecule has 3 nitrogen and oxygen atoms in total. The monoisotopic (exact) mass is 244 g/mol. The van der Waals surface area contributed by atoms with Crippen molar-refractivity contribution in [3.05, 3.63) is 42.0 Å². The van der Waals surface area contributed by atoms with Crippen LogP contribution in [-0.2, 0) is 4.74 Å². The second-order valence-corrected chi connectivity index (χ2v) is 4.17. The number of ether oxygens (including phenoxy) is 1. The second kappa shape index (κ2) is 5.54. The van der Waals surface area contributed by atoms with Crippen LogP contribution in [0.3, 0.4) is 0 Å². The van der Waals surface area contributed by atoms with Crippen LogP contribution in [0.2, 0.25) is 0 Å². The topological polar surface area (TPSA) is 46.5 Å². The molecule has 0 aliphatic carbocycles. The SMILES string of the molecule is CCCCOC(=O)c1c(O)ccc2ccccc12. The summed E-state index contributed by atoms with van der Waals surface area (Å²) in [6.45, 7) is 2.42. The van der Waals surface area contributed by atoms with Crippen molar-refractivity contribution in [2.24, 2.45) is 0 Å². The number of benzene rings is 2. The molecule has 0 aliphatic rings. The molecule has 0 atom stereocenters. The lowest BCUT2D eigenvalue weighted by Gasteiger charge is -2.09. The van der Waals surface area contributed by atoms with E-state index in [4.69, 9.17) is 4.74 Å². The van der Waals surface area contributed by atoms with Gasteiger partial charge in [0.2, 0.25) is 0 Å². The molecule has 0 spiro atoms. The van der Waals surface area contributed by atoms with Gasteiger partial charge < -0.3 is 9.84 Å². The lowest BCUT2D eigenvalue weighted by molar-refractivity contribution is 0.0499. The highest BCUT2D eigenvalue weighted by Gasteiger charge is 2.16. The molecule has 0 bridgehead atoms. The molecule has 0 aliphatic heterocycles. The Morgan fingerprint density at radius 1 is 1.22 bits per heavy atom. The van der Waals surface area contributed by atoms with Crippen molar-refractivity contribution in [2.45, 2.75) is 19.8 Å². The summed E-state index contributed by atoms with van der Waals surface area (Å²) < 4.78 is 5.16. The minimum atomic E-state index is -0.460. The van der Waals surface area contributed by atoms with Crippen molar-refractivity contribution in [3.63, 3.8) is 0 Å². The summed E-state index contributed by atoms with van der Waals surface area (Å²) >= 11 is 0. The van der Waals surface area contributed by atoms with Crippen LogP contribution in [0.25, 0.3) is 10.8 Å². The number of carbonyl (C=O) groups is 1. The molecule has 0 amide bonds. The normalized spacial score (nSPS) is 10.5. The van der Waals surface area contributed by atoms with Crippen LogP contribution in [0.4, 0.5) is 0 Å². The van der Waals surface area contributed by atoms with Gasteiger partial charge in [-0.25, -0.2) is 4.79 Å². The van der Waals surface area contributed by atoms with E-state index in [1.165, 1.54) is 6.07 Å². The van der Waals surface area contributed by atoms with Gasteiger partial charge in [-0.2, -0.15) is 0 Å². The van der Waals surface area contributed by atoms with E-state index in [1.807, 2.05) is 31.2 Å². The maximum Gasteiger partial charge on any atom is 0.342 e. The third-order valence-corrected chi connectivity index (χ3v) is 2.84. The lowest BCUT2D eigenvalue weighted by atomic mass is 10.0. The molecule has 2 aromatic carbocycles. The highest BCUT2D eigenvalue weighted by atomic mass is 16.5. The Morgan fingerprint density at radius 2 is 2.00 bits per heavy atom. The summed E-state index contributed by atoms with van der Waals surface area (Å²) in [6.07, 6.45) is 1.80. The maximum absolute atomic E-state index is 12.0. The van der Waals surface area contributed by atoms with Crippen molar-refractivity contribution >= 4 is 16.7 Å².